The molecule has 0 heterocycles. The summed E-state index contributed by atoms with van der Waals surface area (Å²) in [7, 11) is 0. The minimum Gasteiger partial charge on any atom is -0.353 e. The molecule has 92 valence electrons. The summed E-state index contributed by atoms with van der Waals surface area (Å²) in [6, 6.07) is 0. The maximum absolute atomic E-state index is 5.58. The predicted octanol–water partition coefficient (Wildman–Crippen LogP) is 3.99. The molecule has 0 aromatic rings. The molecule has 2 nitrogen and oxygen atoms in total. The van der Waals surface area contributed by atoms with Crippen LogP contribution < -0.4 is 0 Å². The van der Waals surface area contributed by atoms with Gasteiger partial charge in [-0.3, -0.25) is 0 Å². The number of hydrogen-bond acceptors (Lipinski definition) is 2. The molecule has 0 bridgehead atoms. The lowest BCUT2D eigenvalue weighted by Gasteiger charge is -2.23. The highest BCUT2D eigenvalue weighted by Crippen LogP contribution is 2.17. The van der Waals surface area contributed by atoms with Crippen LogP contribution in [0.25, 0.3) is 0 Å². The van der Waals surface area contributed by atoms with Crippen molar-refractivity contribution in [2.45, 2.75) is 66.1 Å². The van der Waals surface area contributed by atoms with E-state index in [1.165, 1.54) is 32.1 Å². The van der Waals surface area contributed by atoms with Gasteiger partial charge >= 0.3 is 0 Å². The SMILES string of the molecule is CCCCCCC(C)C(OCC)OCC. The molecule has 1 atom stereocenters. The third kappa shape index (κ3) is 7.80. The first-order valence-electron chi connectivity index (χ1n) is 6.49. The van der Waals surface area contributed by atoms with Crippen molar-refractivity contribution in [3.05, 3.63) is 0 Å². The topological polar surface area (TPSA) is 18.5 Å². The maximum Gasteiger partial charge on any atom is 0.160 e. The van der Waals surface area contributed by atoms with Crippen LogP contribution in [0.15, 0.2) is 0 Å². The summed E-state index contributed by atoms with van der Waals surface area (Å²) in [5.41, 5.74) is 0. The van der Waals surface area contributed by atoms with E-state index in [4.69, 9.17) is 9.47 Å². The van der Waals surface area contributed by atoms with Gasteiger partial charge in [0.15, 0.2) is 6.29 Å². The Morgan fingerprint density at radius 2 is 1.47 bits per heavy atom. The molecule has 15 heavy (non-hydrogen) atoms. The zero-order chi connectivity index (χ0) is 11.5. The quantitative estimate of drug-likeness (QED) is 0.406. The third-order valence-electron chi connectivity index (χ3n) is 2.64. The van der Waals surface area contributed by atoms with Gasteiger partial charge in [-0.15, -0.1) is 0 Å². The average molecular weight is 216 g/mol. The standard InChI is InChI=1S/C13H28O2/c1-5-8-9-10-11-12(4)13(14-6-2)15-7-3/h12-13H,5-11H2,1-4H3. The number of rotatable bonds is 10. The van der Waals surface area contributed by atoms with E-state index in [0.717, 1.165) is 13.2 Å². The van der Waals surface area contributed by atoms with E-state index in [-0.39, 0.29) is 6.29 Å². The normalized spacial score (nSPS) is 13.4. The lowest BCUT2D eigenvalue weighted by atomic mass is 10.0. The van der Waals surface area contributed by atoms with Crippen molar-refractivity contribution in [2.75, 3.05) is 13.2 Å². The van der Waals surface area contributed by atoms with E-state index in [1.807, 2.05) is 13.8 Å². The van der Waals surface area contributed by atoms with Gasteiger partial charge in [0.25, 0.3) is 0 Å². The van der Waals surface area contributed by atoms with Crippen LogP contribution in [0.5, 0.6) is 0 Å². The maximum atomic E-state index is 5.58. The van der Waals surface area contributed by atoms with Gasteiger partial charge in [-0.1, -0.05) is 39.5 Å². The smallest absolute Gasteiger partial charge is 0.160 e. The van der Waals surface area contributed by atoms with Crippen LogP contribution in [0.2, 0.25) is 0 Å². The molecule has 0 saturated heterocycles. The largest absolute Gasteiger partial charge is 0.353 e. The van der Waals surface area contributed by atoms with Crippen LogP contribution in [0.3, 0.4) is 0 Å². The highest BCUT2D eigenvalue weighted by Gasteiger charge is 2.16. The lowest BCUT2D eigenvalue weighted by Crippen LogP contribution is -2.25. The highest BCUT2D eigenvalue weighted by molar-refractivity contribution is 4.58. The zero-order valence-corrected chi connectivity index (χ0v) is 10.9. The predicted molar refractivity (Wildman–Crippen MR) is 65.0 cm³/mol. The number of ether oxygens (including phenoxy) is 2. The minimum absolute atomic E-state index is 0.00151. The zero-order valence-electron chi connectivity index (χ0n) is 10.9. The van der Waals surface area contributed by atoms with Gasteiger partial charge in [0, 0.05) is 19.1 Å². The molecule has 0 saturated carbocycles. The molecular formula is C13H28O2. The first kappa shape index (κ1) is 14.9. The fourth-order valence-electron chi connectivity index (χ4n) is 1.73. The van der Waals surface area contributed by atoms with Crippen LogP contribution in [-0.2, 0) is 9.47 Å². The van der Waals surface area contributed by atoms with Crippen LogP contribution in [0.1, 0.15) is 59.8 Å². The molecule has 0 N–H and O–H groups in total. The molecule has 0 aliphatic rings. The third-order valence-corrected chi connectivity index (χ3v) is 2.64. The second-order valence-corrected chi connectivity index (χ2v) is 4.11. The van der Waals surface area contributed by atoms with Crippen molar-refractivity contribution in [3.63, 3.8) is 0 Å². The molecule has 0 fully saturated rings. The molecular weight excluding hydrogens is 188 g/mol. The second kappa shape index (κ2) is 10.4. The fraction of sp³-hybridized carbons (Fsp3) is 1.00. The molecule has 0 aliphatic carbocycles. The molecule has 0 rings (SSSR count). The average Bonchev–Trinajstić information content (AvgIpc) is 2.24. The van der Waals surface area contributed by atoms with Crippen molar-refractivity contribution in [1.29, 1.82) is 0 Å². The Morgan fingerprint density at radius 1 is 0.867 bits per heavy atom. The van der Waals surface area contributed by atoms with Gasteiger partial charge in [0.05, 0.1) is 0 Å². The number of hydrogen-bond donors (Lipinski definition) is 0. The summed E-state index contributed by atoms with van der Waals surface area (Å²) in [5.74, 6) is 0.516. The van der Waals surface area contributed by atoms with E-state index in [0.29, 0.717) is 5.92 Å². The monoisotopic (exact) mass is 216 g/mol. The summed E-state index contributed by atoms with van der Waals surface area (Å²) >= 11 is 0. The minimum atomic E-state index is 0.00151. The summed E-state index contributed by atoms with van der Waals surface area (Å²) in [6.07, 6.45) is 6.50. The van der Waals surface area contributed by atoms with E-state index in [1.54, 1.807) is 0 Å². The van der Waals surface area contributed by atoms with E-state index in [2.05, 4.69) is 13.8 Å². The van der Waals surface area contributed by atoms with Gasteiger partial charge < -0.3 is 9.47 Å². The van der Waals surface area contributed by atoms with E-state index < -0.39 is 0 Å². The Hall–Kier alpha value is -0.0800. The fourth-order valence-corrected chi connectivity index (χ4v) is 1.73. The highest BCUT2D eigenvalue weighted by atomic mass is 16.7. The molecule has 0 aliphatic heterocycles. The Morgan fingerprint density at radius 3 is 1.93 bits per heavy atom. The van der Waals surface area contributed by atoms with Gasteiger partial charge in [0.2, 0.25) is 0 Å². The Bertz CT molecular complexity index is 120. The first-order valence-corrected chi connectivity index (χ1v) is 6.49. The van der Waals surface area contributed by atoms with E-state index >= 15 is 0 Å². The summed E-state index contributed by atoms with van der Waals surface area (Å²) < 4.78 is 11.2. The van der Waals surface area contributed by atoms with Crippen LogP contribution >= 0.6 is 0 Å². The molecule has 0 aromatic carbocycles. The van der Waals surface area contributed by atoms with Crippen molar-refractivity contribution >= 4 is 0 Å². The Balaban J connectivity index is 3.65. The Labute approximate surface area is 95.3 Å². The van der Waals surface area contributed by atoms with Gasteiger partial charge in [0.1, 0.15) is 0 Å². The summed E-state index contributed by atoms with van der Waals surface area (Å²) in [4.78, 5) is 0. The van der Waals surface area contributed by atoms with Crippen molar-refractivity contribution in [1.82, 2.24) is 0 Å². The second-order valence-electron chi connectivity index (χ2n) is 4.11. The van der Waals surface area contributed by atoms with Crippen molar-refractivity contribution in [3.8, 4) is 0 Å². The molecule has 2 heteroatoms. The van der Waals surface area contributed by atoms with Gasteiger partial charge in [-0.2, -0.15) is 0 Å². The van der Waals surface area contributed by atoms with Gasteiger partial charge in [-0.05, 0) is 20.3 Å². The number of unbranched alkanes of at least 4 members (excludes halogenated alkanes) is 3. The lowest BCUT2D eigenvalue weighted by molar-refractivity contribution is -0.164. The van der Waals surface area contributed by atoms with Crippen molar-refractivity contribution < 1.29 is 9.47 Å². The van der Waals surface area contributed by atoms with Gasteiger partial charge in [-0.25, -0.2) is 0 Å². The van der Waals surface area contributed by atoms with E-state index in [9.17, 15) is 0 Å². The molecule has 0 amide bonds. The Kier molecular flexibility index (Phi) is 10.4. The van der Waals surface area contributed by atoms with Crippen molar-refractivity contribution in [2.24, 2.45) is 5.92 Å². The van der Waals surface area contributed by atoms with Crippen LogP contribution in [0.4, 0.5) is 0 Å². The molecule has 0 radical (unpaired) electrons. The summed E-state index contributed by atoms with van der Waals surface area (Å²) in [6.45, 7) is 9.99. The molecule has 0 spiro atoms. The van der Waals surface area contributed by atoms with Crippen LogP contribution in [-0.4, -0.2) is 19.5 Å². The van der Waals surface area contributed by atoms with Crippen LogP contribution in [0, 0.1) is 5.92 Å². The summed E-state index contributed by atoms with van der Waals surface area (Å²) in [5, 5.41) is 0. The first-order chi connectivity index (χ1) is 7.26. The molecule has 1 unspecified atom stereocenters. The molecule has 0 aromatic heterocycles.